The van der Waals surface area contributed by atoms with Gasteiger partial charge in [0, 0.05) is 0 Å². The van der Waals surface area contributed by atoms with E-state index in [4.69, 9.17) is 5.11 Å². The van der Waals surface area contributed by atoms with Gasteiger partial charge in [0.1, 0.15) is 6.04 Å². The Labute approximate surface area is 117 Å². The highest BCUT2D eigenvalue weighted by molar-refractivity contribution is 7.84. The molecule has 0 aromatic rings. The molecule has 0 aliphatic heterocycles. The van der Waals surface area contributed by atoms with Crippen molar-refractivity contribution in [3.05, 3.63) is 12.7 Å². The predicted octanol–water partition coefficient (Wildman–Crippen LogP) is 1.22. The number of hydrogen-bond acceptors (Lipinski definition) is 3. The van der Waals surface area contributed by atoms with E-state index in [2.05, 4.69) is 6.58 Å². The maximum atomic E-state index is 13.8. The first-order chi connectivity index (χ1) is 8.81. The molecule has 0 spiro atoms. The minimum Gasteiger partial charge on any atom is -0.394 e. The average molecular weight is 321 g/mol. The van der Waals surface area contributed by atoms with E-state index in [1.807, 2.05) is 0 Å². The Morgan fingerprint density at radius 1 is 1.30 bits per heavy atom. The summed E-state index contributed by atoms with van der Waals surface area (Å²) in [5, 5.41) is 18.1. The standard InChI is InChI=1S/C11H19F4NO3S/c1-5-10(12,13)11(14,15)8(7(18)6-17)16-20(19)9(2,3)4/h5,7-8,16-18H,1,6H2,2-4H3/t7-,8+,20?/m1/s1. The molecule has 0 rings (SSSR count). The Kier molecular flexibility index (Phi) is 6.34. The highest BCUT2D eigenvalue weighted by Crippen LogP contribution is 2.39. The maximum Gasteiger partial charge on any atom is 0.332 e. The zero-order chi connectivity index (χ0) is 16.4. The van der Waals surface area contributed by atoms with Crippen molar-refractivity contribution in [1.82, 2.24) is 4.72 Å². The Bertz CT molecular complexity index is 371. The second-order valence-corrected chi connectivity index (χ2v) is 7.17. The summed E-state index contributed by atoms with van der Waals surface area (Å²) in [6, 6.07) is -2.60. The minimum absolute atomic E-state index is 0.258. The van der Waals surface area contributed by atoms with Crippen LogP contribution in [0.4, 0.5) is 17.6 Å². The first-order valence-electron chi connectivity index (χ1n) is 5.67. The van der Waals surface area contributed by atoms with Crippen LogP contribution in [0.1, 0.15) is 20.8 Å². The van der Waals surface area contributed by atoms with Gasteiger partial charge < -0.3 is 10.2 Å². The van der Waals surface area contributed by atoms with E-state index in [0.717, 1.165) is 0 Å². The van der Waals surface area contributed by atoms with E-state index in [1.165, 1.54) is 20.8 Å². The molecule has 1 unspecified atom stereocenters. The molecule has 120 valence electrons. The highest BCUT2D eigenvalue weighted by atomic mass is 32.2. The second-order valence-electron chi connectivity index (χ2n) is 5.18. The van der Waals surface area contributed by atoms with Gasteiger partial charge in [-0.15, -0.1) is 0 Å². The lowest BCUT2D eigenvalue weighted by molar-refractivity contribution is -0.209. The Balaban J connectivity index is 5.49. The summed E-state index contributed by atoms with van der Waals surface area (Å²) in [7, 11) is -2.14. The third-order valence-corrected chi connectivity index (χ3v) is 4.03. The molecule has 3 N–H and O–H groups in total. The summed E-state index contributed by atoms with van der Waals surface area (Å²) >= 11 is 0. The van der Waals surface area contributed by atoms with Crippen LogP contribution >= 0.6 is 0 Å². The average Bonchev–Trinajstić information content (AvgIpc) is 2.32. The molecule has 0 saturated carbocycles. The third kappa shape index (κ3) is 4.24. The van der Waals surface area contributed by atoms with Gasteiger partial charge in [-0.05, 0) is 26.8 Å². The van der Waals surface area contributed by atoms with Gasteiger partial charge in [-0.1, -0.05) is 6.58 Å². The largest absolute Gasteiger partial charge is 0.394 e. The van der Waals surface area contributed by atoms with Crippen LogP contribution in [0, 0.1) is 0 Å². The summed E-state index contributed by atoms with van der Waals surface area (Å²) in [5.74, 6) is -9.42. The van der Waals surface area contributed by atoms with Crippen molar-refractivity contribution in [2.75, 3.05) is 6.61 Å². The number of hydrogen-bond donors (Lipinski definition) is 3. The van der Waals surface area contributed by atoms with Crippen molar-refractivity contribution >= 4 is 11.0 Å². The van der Waals surface area contributed by atoms with Crippen LogP contribution in [0.5, 0.6) is 0 Å². The Morgan fingerprint density at radius 3 is 2.05 bits per heavy atom. The number of nitrogens with one attached hydrogen (secondary N) is 1. The van der Waals surface area contributed by atoms with E-state index >= 15 is 0 Å². The number of allylic oxidation sites excluding steroid dienone is 1. The number of aliphatic hydroxyl groups is 2. The highest BCUT2D eigenvalue weighted by Gasteiger charge is 2.61. The van der Waals surface area contributed by atoms with Crippen LogP contribution in [-0.2, 0) is 11.0 Å². The fraction of sp³-hybridized carbons (Fsp3) is 0.818. The second kappa shape index (κ2) is 6.50. The molecule has 0 aromatic carbocycles. The molecule has 9 heteroatoms. The quantitative estimate of drug-likeness (QED) is 0.488. The molecule has 0 aromatic heterocycles. The van der Waals surface area contributed by atoms with Crippen molar-refractivity contribution in [3.63, 3.8) is 0 Å². The fourth-order valence-corrected chi connectivity index (χ4v) is 2.02. The van der Waals surface area contributed by atoms with Gasteiger partial charge in [-0.3, -0.25) is 0 Å². The minimum atomic E-state index is -4.78. The molecule has 0 amide bonds. The SMILES string of the molecule is C=CC(F)(F)C(F)(F)[C@@H](NS(=O)C(C)(C)C)[C@H](O)CO. The van der Waals surface area contributed by atoms with Crippen LogP contribution in [0.15, 0.2) is 12.7 Å². The smallest absolute Gasteiger partial charge is 0.332 e. The molecule has 4 nitrogen and oxygen atoms in total. The van der Waals surface area contributed by atoms with Gasteiger partial charge in [-0.2, -0.15) is 17.6 Å². The molecule has 0 aliphatic carbocycles. The van der Waals surface area contributed by atoms with Gasteiger partial charge in [0.15, 0.2) is 0 Å². The van der Waals surface area contributed by atoms with Crippen molar-refractivity contribution in [2.24, 2.45) is 0 Å². The van der Waals surface area contributed by atoms with E-state index in [9.17, 15) is 26.9 Å². The summed E-state index contributed by atoms with van der Waals surface area (Å²) in [5.41, 5.74) is 0. The van der Waals surface area contributed by atoms with E-state index in [0.29, 0.717) is 0 Å². The number of aliphatic hydroxyl groups excluding tert-OH is 2. The molecule has 0 fully saturated rings. The van der Waals surface area contributed by atoms with E-state index in [1.54, 1.807) is 4.72 Å². The molecular weight excluding hydrogens is 302 g/mol. The van der Waals surface area contributed by atoms with Crippen molar-refractivity contribution in [2.45, 2.75) is 49.5 Å². The van der Waals surface area contributed by atoms with Crippen LogP contribution < -0.4 is 4.72 Å². The number of alkyl halides is 4. The lowest BCUT2D eigenvalue weighted by Gasteiger charge is -2.35. The number of halogens is 4. The normalized spacial score (nSPS) is 18.4. The Morgan fingerprint density at radius 2 is 1.75 bits per heavy atom. The molecular formula is C11H19F4NO3S. The predicted molar refractivity (Wildman–Crippen MR) is 68.0 cm³/mol. The van der Waals surface area contributed by atoms with Crippen LogP contribution in [-0.4, -0.2) is 49.8 Å². The van der Waals surface area contributed by atoms with Crippen LogP contribution in [0.3, 0.4) is 0 Å². The summed E-state index contributed by atoms with van der Waals surface area (Å²) in [6.45, 7) is 5.72. The Hall–Kier alpha value is -0.510. The summed E-state index contributed by atoms with van der Waals surface area (Å²) in [6.07, 6.45) is -2.48. The van der Waals surface area contributed by atoms with Crippen LogP contribution in [0.2, 0.25) is 0 Å². The molecule has 0 heterocycles. The van der Waals surface area contributed by atoms with E-state index in [-0.39, 0.29) is 6.08 Å². The summed E-state index contributed by atoms with van der Waals surface area (Å²) < 4.78 is 66.5. The summed E-state index contributed by atoms with van der Waals surface area (Å²) in [4.78, 5) is 0. The zero-order valence-corrected chi connectivity index (χ0v) is 12.2. The first-order valence-corrected chi connectivity index (χ1v) is 6.82. The molecule has 3 atom stereocenters. The molecule has 20 heavy (non-hydrogen) atoms. The van der Waals surface area contributed by atoms with Gasteiger partial charge in [-0.25, -0.2) is 8.93 Å². The van der Waals surface area contributed by atoms with Gasteiger partial charge in [0.05, 0.1) is 28.4 Å². The fourth-order valence-electron chi connectivity index (χ4n) is 1.14. The van der Waals surface area contributed by atoms with Gasteiger partial charge >= 0.3 is 11.8 Å². The van der Waals surface area contributed by atoms with Crippen molar-refractivity contribution in [1.29, 1.82) is 0 Å². The molecule has 0 radical (unpaired) electrons. The topological polar surface area (TPSA) is 69.6 Å². The third-order valence-electron chi connectivity index (χ3n) is 2.45. The van der Waals surface area contributed by atoms with E-state index < -0.39 is 46.3 Å². The first kappa shape index (κ1) is 19.5. The molecule has 0 bridgehead atoms. The van der Waals surface area contributed by atoms with Gasteiger partial charge in [0.2, 0.25) is 0 Å². The van der Waals surface area contributed by atoms with Crippen LogP contribution in [0.25, 0.3) is 0 Å². The zero-order valence-electron chi connectivity index (χ0n) is 11.4. The molecule has 0 saturated heterocycles. The maximum absolute atomic E-state index is 13.8. The number of rotatable bonds is 7. The lowest BCUT2D eigenvalue weighted by atomic mass is 9.99. The van der Waals surface area contributed by atoms with Crippen molar-refractivity contribution in [3.8, 4) is 0 Å². The lowest BCUT2D eigenvalue weighted by Crippen LogP contribution is -2.62. The van der Waals surface area contributed by atoms with Gasteiger partial charge in [0.25, 0.3) is 0 Å². The monoisotopic (exact) mass is 321 g/mol. The van der Waals surface area contributed by atoms with Crippen molar-refractivity contribution < 1.29 is 32.0 Å². The molecule has 0 aliphatic rings.